The topological polar surface area (TPSA) is 35.9 Å². The number of rotatable bonds is 12. The van der Waals surface area contributed by atoms with Crippen molar-refractivity contribution in [2.24, 2.45) is 11.8 Å². The highest BCUT2D eigenvalue weighted by molar-refractivity contribution is 5.85. The number of halogens is 2. The summed E-state index contributed by atoms with van der Waals surface area (Å²) in [6.07, 6.45) is 10.2. The van der Waals surface area contributed by atoms with Crippen molar-refractivity contribution in [3.05, 3.63) is 30.1 Å². The van der Waals surface area contributed by atoms with Crippen LogP contribution in [0.15, 0.2) is 24.3 Å². The third-order valence-electron chi connectivity index (χ3n) is 6.64. The van der Waals surface area contributed by atoms with E-state index in [1.807, 2.05) is 0 Å². The number of likely N-dealkylation sites (tertiary alicyclic amines) is 2. The number of aliphatic hydroxyl groups is 1. The first-order valence-corrected chi connectivity index (χ1v) is 12.6. The van der Waals surface area contributed by atoms with Gasteiger partial charge in [-0.15, -0.1) is 12.4 Å². The molecular formula is C26H46ClFN2O2. The average molecular weight is 473 g/mol. The summed E-state index contributed by atoms with van der Waals surface area (Å²) in [7, 11) is 0. The zero-order chi connectivity index (χ0) is 22.3. The number of unbranched alkanes of at least 4 members (excludes halogenated alkanes) is 2. The van der Waals surface area contributed by atoms with Gasteiger partial charge in [-0.1, -0.05) is 33.1 Å². The smallest absolute Gasteiger partial charge is 0.123 e. The van der Waals surface area contributed by atoms with E-state index in [9.17, 15) is 4.39 Å². The quantitative estimate of drug-likeness (QED) is 0.400. The SMILES string of the molecule is CCC(CCN1CCCC1)COc1ccc(F)cc1.CCCCCN1CCC(CO)C1.Cl. The van der Waals surface area contributed by atoms with E-state index < -0.39 is 0 Å². The Balaban J connectivity index is 0.000000342. The van der Waals surface area contributed by atoms with Gasteiger partial charge >= 0.3 is 0 Å². The number of ether oxygens (including phenoxy) is 1. The van der Waals surface area contributed by atoms with Gasteiger partial charge in [-0.2, -0.15) is 0 Å². The lowest BCUT2D eigenvalue weighted by Gasteiger charge is -2.20. The van der Waals surface area contributed by atoms with Crippen molar-refractivity contribution in [3.63, 3.8) is 0 Å². The summed E-state index contributed by atoms with van der Waals surface area (Å²) in [4.78, 5) is 5.02. The zero-order valence-corrected chi connectivity index (χ0v) is 21.1. The molecule has 4 nitrogen and oxygen atoms in total. The van der Waals surface area contributed by atoms with Crippen molar-refractivity contribution in [3.8, 4) is 5.75 Å². The van der Waals surface area contributed by atoms with Crippen molar-refractivity contribution in [2.75, 3.05) is 52.5 Å². The van der Waals surface area contributed by atoms with Gasteiger partial charge in [0, 0.05) is 13.2 Å². The standard InChI is InChI=1S/C16H24FNO.C10H21NO.ClH/c1-2-14(9-12-18-10-3-4-11-18)13-19-16-7-5-15(17)6-8-16;1-2-3-4-6-11-7-5-10(8-11)9-12;/h5-8,14H,2-4,9-13H2,1H3;10,12H,2-9H2,1H3;1H. The van der Waals surface area contributed by atoms with Gasteiger partial charge < -0.3 is 19.6 Å². The van der Waals surface area contributed by atoms with Crippen molar-refractivity contribution in [1.82, 2.24) is 9.80 Å². The van der Waals surface area contributed by atoms with Gasteiger partial charge in [0.1, 0.15) is 11.6 Å². The first kappa shape index (κ1) is 29.2. The van der Waals surface area contributed by atoms with Crippen LogP contribution in [-0.2, 0) is 0 Å². The highest BCUT2D eigenvalue weighted by atomic mass is 35.5. The molecule has 2 unspecified atom stereocenters. The summed E-state index contributed by atoms with van der Waals surface area (Å²) in [6.45, 7) is 12.8. The Morgan fingerprint density at radius 1 is 1.03 bits per heavy atom. The summed E-state index contributed by atoms with van der Waals surface area (Å²) in [5.41, 5.74) is 0. The normalized spacial score (nSPS) is 19.8. The second-order valence-corrected chi connectivity index (χ2v) is 9.22. The molecule has 32 heavy (non-hydrogen) atoms. The highest BCUT2D eigenvalue weighted by Crippen LogP contribution is 2.17. The van der Waals surface area contributed by atoms with Crippen LogP contribution in [0.1, 0.15) is 65.2 Å². The number of hydrogen-bond donors (Lipinski definition) is 1. The number of nitrogens with zero attached hydrogens (tertiary/aromatic N) is 2. The Morgan fingerprint density at radius 2 is 1.75 bits per heavy atom. The van der Waals surface area contributed by atoms with E-state index in [2.05, 4.69) is 23.6 Å². The third kappa shape index (κ3) is 11.8. The van der Waals surface area contributed by atoms with E-state index in [4.69, 9.17) is 9.84 Å². The van der Waals surface area contributed by atoms with E-state index in [0.29, 0.717) is 18.4 Å². The maximum absolute atomic E-state index is 12.8. The maximum atomic E-state index is 12.8. The number of hydrogen-bond acceptors (Lipinski definition) is 4. The van der Waals surface area contributed by atoms with E-state index in [0.717, 1.165) is 25.3 Å². The molecule has 3 rings (SSSR count). The summed E-state index contributed by atoms with van der Waals surface area (Å²) < 4.78 is 18.5. The van der Waals surface area contributed by atoms with Crippen LogP contribution in [0.4, 0.5) is 4.39 Å². The number of aliphatic hydroxyl groups excluding tert-OH is 1. The van der Waals surface area contributed by atoms with Crippen LogP contribution in [-0.4, -0.2) is 67.4 Å². The lowest BCUT2D eigenvalue weighted by Crippen LogP contribution is -2.24. The van der Waals surface area contributed by atoms with Crippen molar-refractivity contribution in [1.29, 1.82) is 0 Å². The van der Waals surface area contributed by atoms with Gasteiger partial charge in [0.2, 0.25) is 0 Å². The first-order valence-electron chi connectivity index (χ1n) is 12.6. The van der Waals surface area contributed by atoms with Gasteiger partial charge in [-0.25, -0.2) is 4.39 Å². The fraction of sp³-hybridized carbons (Fsp3) is 0.769. The second kappa shape index (κ2) is 17.6. The minimum absolute atomic E-state index is 0. The van der Waals surface area contributed by atoms with Crippen LogP contribution in [0, 0.1) is 17.7 Å². The Morgan fingerprint density at radius 3 is 2.34 bits per heavy atom. The minimum atomic E-state index is -0.214. The molecule has 6 heteroatoms. The number of benzene rings is 1. The molecule has 1 aromatic carbocycles. The highest BCUT2D eigenvalue weighted by Gasteiger charge is 2.20. The third-order valence-corrected chi connectivity index (χ3v) is 6.64. The van der Waals surface area contributed by atoms with Gasteiger partial charge in [0.25, 0.3) is 0 Å². The average Bonchev–Trinajstić information content (AvgIpc) is 3.48. The van der Waals surface area contributed by atoms with Gasteiger partial charge in [0.15, 0.2) is 0 Å². The molecule has 186 valence electrons. The molecule has 2 atom stereocenters. The predicted octanol–water partition coefficient (Wildman–Crippen LogP) is 5.63. The molecule has 2 saturated heterocycles. The van der Waals surface area contributed by atoms with Gasteiger partial charge in [-0.05, 0) is 101 Å². The zero-order valence-electron chi connectivity index (χ0n) is 20.3. The molecule has 2 fully saturated rings. The van der Waals surface area contributed by atoms with Crippen LogP contribution in [0.2, 0.25) is 0 Å². The molecule has 1 N–H and O–H groups in total. The lowest BCUT2D eigenvalue weighted by atomic mass is 10.0. The Hall–Kier alpha value is -0.880. The van der Waals surface area contributed by atoms with E-state index in [1.54, 1.807) is 12.1 Å². The molecule has 0 spiro atoms. The monoisotopic (exact) mass is 472 g/mol. The molecule has 0 aromatic heterocycles. The predicted molar refractivity (Wildman–Crippen MR) is 134 cm³/mol. The van der Waals surface area contributed by atoms with E-state index in [-0.39, 0.29) is 18.2 Å². The molecule has 0 aliphatic carbocycles. The molecule has 2 aliphatic rings. The summed E-state index contributed by atoms with van der Waals surface area (Å²) in [5.74, 6) is 1.70. The Bertz CT molecular complexity index is 569. The fourth-order valence-electron chi connectivity index (χ4n) is 4.37. The summed E-state index contributed by atoms with van der Waals surface area (Å²) >= 11 is 0. The van der Waals surface area contributed by atoms with E-state index >= 15 is 0 Å². The lowest BCUT2D eigenvalue weighted by molar-refractivity contribution is 0.213. The van der Waals surface area contributed by atoms with Crippen LogP contribution in [0.25, 0.3) is 0 Å². The first-order chi connectivity index (χ1) is 15.1. The summed E-state index contributed by atoms with van der Waals surface area (Å²) in [6, 6.07) is 6.28. The molecule has 0 saturated carbocycles. The largest absolute Gasteiger partial charge is 0.493 e. The summed E-state index contributed by atoms with van der Waals surface area (Å²) in [5, 5.41) is 8.93. The Labute approximate surface area is 201 Å². The molecule has 1 aromatic rings. The van der Waals surface area contributed by atoms with Crippen LogP contribution < -0.4 is 4.74 Å². The van der Waals surface area contributed by atoms with Crippen LogP contribution in [0.3, 0.4) is 0 Å². The molecule has 0 amide bonds. The van der Waals surface area contributed by atoms with Crippen LogP contribution in [0.5, 0.6) is 5.75 Å². The van der Waals surface area contributed by atoms with Crippen molar-refractivity contribution >= 4 is 12.4 Å². The van der Waals surface area contributed by atoms with Crippen LogP contribution >= 0.6 is 12.4 Å². The van der Waals surface area contributed by atoms with Gasteiger partial charge in [-0.3, -0.25) is 0 Å². The maximum Gasteiger partial charge on any atom is 0.123 e. The van der Waals surface area contributed by atoms with Crippen molar-refractivity contribution < 1.29 is 14.2 Å². The Kier molecular flexibility index (Phi) is 16.0. The van der Waals surface area contributed by atoms with Crippen molar-refractivity contribution in [2.45, 2.75) is 65.2 Å². The molecular weight excluding hydrogens is 427 g/mol. The second-order valence-electron chi connectivity index (χ2n) is 9.22. The molecule has 0 radical (unpaired) electrons. The molecule has 2 heterocycles. The van der Waals surface area contributed by atoms with Gasteiger partial charge in [0.05, 0.1) is 6.61 Å². The van der Waals surface area contributed by atoms with E-state index in [1.165, 1.54) is 89.8 Å². The molecule has 2 aliphatic heterocycles. The molecule has 0 bridgehead atoms. The minimum Gasteiger partial charge on any atom is -0.493 e. The fourth-order valence-corrected chi connectivity index (χ4v) is 4.37.